The number of carbonyl (C=O) groups is 3. The lowest BCUT2D eigenvalue weighted by Gasteiger charge is -2.25. The van der Waals surface area contributed by atoms with Gasteiger partial charge in [-0.05, 0) is 43.5 Å². The van der Waals surface area contributed by atoms with Gasteiger partial charge in [-0.2, -0.15) is 4.72 Å². The van der Waals surface area contributed by atoms with Crippen molar-refractivity contribution < 1.29 is 22.8 Å². The van der Waals surface area contributed by atoms with Crippen LogP contribution in [-0.2, 0) is 25.4 Å². The molecule has 2 aromatic carbocycles. The molecule has 0 bridgehead atoms. The molecule has 0 aliphatic carbocycles. The van der Waals surface area contributed by atoms with E-state index in [2.05, 4.69) is 30.6 Å². The van der Waals surface area contributed by atoms with Gasteiger partial charge in [-0.3, -0.25) is 19.4 Å². The molecule has 0 radical (unpaired) electrons. The first-order valence-corrected chi connectivity index (χ1v) is 17.0. The molecule has 1 unspecified atom stereocenters. The number of aromatic nitrogens is 1. The Balaban J connectivity index is 1.69. The number of carbonyl (C=O) groups excluding carboxylic acids is 3. The van der Waals surface area contributed by atoms with E-state index in [-0.39, 0.29) is 29.7 Å². The highest BCUT2D eigenvalue weighted by Gasteiger charge is 2.31. The van der Waals surface area contributed by atoms with Crippen molar-refractivity contribution in [2.75, 3.05) is 19.6 Å². The van der Waals surface area contributed by atoms with Gasteiger partial charge >= 0.3 is 0 Å². The number of nitrogens with zero attached hydrogens (tertiary/aromatic N) is 2. The van der Waals surface area contributed by atoms with Gasteiger partial charge in [0.15, 0.2) is 11.0 Å². The molecule has 244 valence electrons. The fourth-order valence-corrected chi connectivity index (χ4v) is 6.62. The molecule has 0 spiro atoms. The molecule has 0 saturated heterocycles. The van der Waals surface area contributed by atoms with E-state index in [4.69, 9.17) is 17.2 Å². The maximum Gasteiger partial charge on any atom is 0.241 e. The second kappa shape index (κ2) is 17.5. The van der Waals surface area contributed by atoms with Crippen molar-refractivity contribution in [2.45, 2.75) is 56.6 Å². The Labute approximate surface area is 266 Å². The van der Waals surface area contributed by atoms with E-state index in [1.54, 1.807) is 36.4 Å². The number of ketones is 1. The molecule has 16 heteroatoms. The molecular formula is C29H41N9O5S2. The molecular weight excluding hydrogens is 619 g/mol. The Kier molecular flexibility index (Phi) is 13.8. The predicted octanol–water partition coefficient (Wildman–Crippen LogP) is 0.296. The first kappa shape index (κ1) is 35.5. The van der Waals surface area contributed by atoms with Gasteiger partial charge in [-0.15, -0.1) is 11.3 Å². The van der Waals surface area contributed by atoms with E-state index >= 15 is 0 Å². The normalized spacial score (nSPS) is 13.5. The highest BCUT2D eigenvalue weighted by Crippen LogP contribution is 2.23. The Morgan fingerprint density at radius 2 is 1.73 bits per heavy atom. The number of nitrogens with two attached hydrogens (primary N) is 3. The summed E-state index contributed by atoms with van der Waals surface area (Å²) in [5.41, 5.74) is 18.2. The molecule has 3 aromatic rings. The van der Waals surface area contributed by atoms with Gasteiger partial charge in [0.05, 0.1) is 34.7 Å². The minimum absolute atomic E-state index is 0.0906. The highest BCUT2D eigenvalue weighted by molar-refractivity contribution is 7.88. The number of para-hydroxylation sites is 1. The molecule has 0 saturated carbocycles. The monoisotopic (exact) mass is 659 g/mol. The zero-order chi connectivity index (χ0) is 32.8. The molecule has 0 fully saturated rings. The third-order valence-electron chi connectivity index (χ3n) is 6.58. The van der Waals surface area contributed by atoms with Crippen LogP contribution in [-0.4, -0.2) is 74.8 Å². The second-order valence-corrected chi connectivity index (χ2v) is 13.1. The number of benzene rings is 2. The number of guanidine groups is 1. The SMILES string of the molecule is CCCCNC(N)[C@@H](NS(=O)(=O)Cc1ccccc1)C(=O)NCC(=O)N[C@@H](CCCN=C(N)N)C(=O)c1nc2ccccc2s1. The average molecular weight is 660 g/mol. The Morgan fingerprint density at radius 3 is 2.42 bits per heavy atom. The van der Waals surface area contributed by atoms with E-state index in [1.807, 2.05) is 25.1 Å². The second-order valence-electron chi connectivity index (χ2n) is 10.3. The molecule has 14 nitrogen and oxygen atoms in total. The molecule has 1 aromatic heterocycles. The number of hydrogen-bond acceptors (Lipinski definition) is 10. The van der Waals surface area contributed by atoms with Crippen LogP contribution in [0.25, 0.3) is 10.2 Å². The third kappa shape index (κ3) is 11.8. The van der Waals surface area contributed by atoms with Gasteiger partial charge in [-0.25, -0.2) is 13.4 Å². The Bertz CT molecular complexity index is 1530. The van der Waals surface area contributed by atoms with Gasteiger partial charge in [0, 0.05) is 6.54 Å². The van der Waals surface area contributed by atoms with E-state index in [1.165, 1.54) is 11.3 Å². The Hall–Kier alpha value is -3.96. The summed E-state index contributed by atoms with van der Waals surface area (Å²) in [4.78, 5) is 47.9. The summed E-state index contributed by atoms with van der Waals surface area (Å²) in [5, 5.41) is 8.30. The van der Waals surface area contributed by atoms with Gasteiger partial charge in [0.2, 0.25) is 27.6 Å². The minimum Gasteiger partial charge on any atom is -0.370 e. The lowest BCUT2D eigenvalue weighted by Crippen LogP contribution is -2.62. The van der Waals surface area contributed by atoms with Crippen LogP contribution in [0.15, 0.2) is 59.6 Å². The van der Waals surface area contributed by atoms with Crippen LogP contribution >= 0.6 is 11.3 Å². The van der Waals surface area contributed by atoms with Crippen LogP contribution in [0.3, 0.4) is 0 Å². The first-order valence-electron chi connectivity index (χ1n) is 14.5. The lowest BCUT2D eigenvalue weighted by atomic mass is 10.1. The number of sulfonamides is 1. The van der Waals surface area contributed by atoms with Crippen molar-refractivity contribution in [3.63, 3.8) is 0 Å². The molecule has 0 aliphatic rings. The zero-order valence-electron chi connectivity index (χ0n) is 25.1. The number of thiazole rings is 1. The number of aliphatic imine (C=N–C) groups is 1. The predicted molar refractivity (Wildman–Crippen MR) is 176 cm³/mol. The summed E-state index contributed by atoms with van der Waals surface area (Å²) >= 11 is 1.21. The molecule has 3 rings (SSSR count). The molecule has 10 N–H and O–H groups in total. The van der Waals surface area contributed by atoms with Gasteiger partial charge in [-0.1, -0.05) is 55.8 Å². The summed E-state index contributed by atoms with van der Waals surface area (Å²) in [6.45, 7) is 2.15. The van der Waals surface area contributed by atoms with Crippen molar-refractivity contribution in [3.05, 3.63) is 65.2 Å². The molecule has 45 heavy (non-hydrogen) atoms. The Morgan fingerprint density at radius 1 is 1.02 bits per heavy atom. The van der Waals surface area contributed by atoms with E-state index in [9.17, 15) is 22.8 Å². The topological polar surface area (TPSA) is 237 Å². The smallest absolute Gasteiger partial charge is 0.241 e. The van der Waals surface area contributed by atoms with E-state index < -0.39 is 52.4 Å². The number of nitrogens with one attached hydrogen (secondary N) is 4. The lowest BCUT2D eigenvalue weighted by molar-refractivity contribution is -0.127. The average Bonchev–Trinajstić information content (AvgIpc) is 3.44. The van der Waals surface area contributed by atoms with E-state index in [0.29, 0.717) is 24.0 Å². The number of rotatable bonds is 19. The summed E-state index contributed by atoms with van der Waals surface area (Å²) in [7, 11) is -3.99. The van der Waals surface area contributed by atoms with Crippen LogP contribution in [0, 0.1) is 0 Å². The van der Waals surface area contributed by atoms with Crippen molar-refractivity contribution >= 4 is 55.1 Å². The quantitative estimate of drug-likeness (QED) is 0.0305. The molecule has 0 aliphatic heterocycles. The summed E-state index contributed by atoms with van der Waals surface area (Å²) in [6, 6.07) is 13.4. The van der Waals surface area contributed by atoms with Crippen molar-refractivity contribution in [2.24, 2.45) is 22.2 Å². The summed E-state index contributed by atoms with van der Waals surface area (Å²) in [6.07, 6.45) is 1.14. The zero-order valence-corrected chi connectivity index (χ0v) is 26.7. The van der Waals surface area contributed by atoms with Gasteiger partial charge in [0.1, 0.15) is 6.04 Å². The largest absolute Gasteiger partial charge is 0.370 e. The van der Waals surface area contributed by atoms with Gasteiger partial charge in [0.25, 0.3) is 0 Å². The molecule has 3 atom stereocenters. The maximum atomic E-state index is 13.4. The maximum absolute atomic E-state index is 13.4. The highest BCUT2D eigenvalue weighted by atomic mass is 32.2. The van der Waals surface area contributed by atoms with Crippen LogP contribution in [0.5, 0.6) is 0 Å². The fourth-order valence-electron chi connectivity index (χ4n) is 4.30. The van der Waals surface area contributed by atoms with Crippen LogP contribution in [0.4, 0.5) is 0 Å². The molecule has 2 amide bonds. The standard InChI is InChI=1S/C29H41N9O5S2/c1-2-3-15-33-26(30)24(38-45(42,43)18-19-10-5-4-6-11-19)27(41)35-17-23(39)36-21(13-9-16-34-29(31)32)25(40)28-37-20-12-7-8-14-22(20)44-28/h4-8,10-12,14,21,24,26,33,38H,2-3,9,13,15-18,30H2,1H3,(H,35,41)(H,36,39)(H4,31,32,34)/t21-,24+,26?/m0/s1. The summed E-state index contributed by atoms with van der Waals surface area (Å²) < 4.78 is 29.1. The van der Waals surface area contributed by atoms with Crippen molar-refractivity contribution in [1.82, 2.24) is 25.7 Å². The number of Topliss-reactive ketones (excluding diaryl/α,β-unsaturated/α-hetero) is 1. The van der Waals surface area contributed by atoms with Crippen molar-refractivity contribution in [3.8, 4) is 0 Å². The van der Waals surface area contributed by atoms with Crippen LogP contribution in [0.2, 0.25) is 0 Å². The molecule has 1 heterocycles. The summed E-state index contributed by atoms with van der Waals surface area (Å²) in [5.74, 6) is -2.32. The minimum atomic E-state index is -3.99. The first-order chi connectivity index (χ1) is 21.5. The number of hydrogen-bond donors (Lipinski definition) is 7. The van der Waals surface area contributed by atoms with Crippen LogP contribution in [0.1, 0.15) is 48.0 Å². The fraction of sp³-hybridized carbons (Fsp3) is 0.414. The van der Waals surface area contributed by atoms with E-state index in [0.717, 1.165) is 17.5 Å². The number of unbranched alkanes of at least 4 members (excludes halogenated alkanes) is 1. The number of amides is 2. The number of fused-ring (bicyclic) bond motifs is 1. The van der Waals surface area contributed by atoms with Crippen molar-refractivity contribution in [1.29, 1.82) is 0 Å². The van der Waals surface area contributed by atoms with Crippen LogP contribution < -0.4 is 37.9 Å². The third-order valence-corrected chi connectivity index (χ3v) is 8.96. The van der Waals surface area contributed by atoms with Gasteiger partial charge < -0.3 is 33.2 Å².